The minimum absolute atomic E-state index is 0.154. The number of amides is 1. The van der Waals surface area contributed by atoms with Crippen molar-refractivity contribution in [2.45, 2.75) is 30.5 Å². The second kappa shape index (κ2) is 10.1. The fraction of sp³-hybridized carbons (Fsp3) is 0.240. The normalized spacial score (nSPS) is 18.9. The van der Waals surface area contributed by atoms with E-state index in [1.54, 1.807) is 0 Å². The molecule has 1 fully saturated rings. The summed E-state index contributed by atoms with van der Waals surface area (Å²) in [6.07, 6.45) is -0.612. The maximum absolute atomic E-state index is 13.4. The smallest absolute Gasteiger partial charge is 0.388 e. The van der Waals surface area contributed by atoms with E-state index in [1.807, 2.05) is 0 Å². The van der Waals surface area contributed by atoms with Crippen LogP contribution >= 0.6 is 0 Å². The van der Waals surface area contributed by atoms with E-state index in [0.717, 1.165) is 12.1 Å². The molecule has 1 N–H and O–H groups in total. The fourth-order valence-electron chi connectivity index (χ4n) is 4.18. The summed E-state index contributed by atoms with van der Waals surface area (Å²) < 4.78 is 91.1. The van der Waals surface area contributed by atoms with Crippen molar-refractivity contribution in [1.29, 1.82) is 0 Å². The van der Waals surface area contributed by atoms with E-state index < -0.39 is 51.1 Å². The lowest BCUT2D eigenvalue weighted by Crippen LogP contribution is -2.55. The summed E-state index contributed by atoms with van der Waals surface area (Å²) in [5.74, 6) is -2.51. The SMILES string of the molecule is O=C1[C@@H](CC[C@@H](O)c2ccc(F)cc2)[C@@H](c2ccc(OS(=O)(=O)C(F)(F)F)cc2)N1c1ccc(F)cc1. The molecular formula is C25H20F5NO5S. The van der Waals surface area contributed by atoms with E-state index in [2.05, 4.69) is 4.18 Å². The van der Waals surface area contributed by atoms with Gasteiger partial charge in [0.15, 0.2) is 0 Å². The molecular weight excluding hydrogens is 521 g/mol. The maximum atomic E-state index is 13.4. The number of nitrogens with zero attached hydrogens (tertiary/aromatic N) is 1. The van der Waals surface area contributed by atoms with Gasteiger partial charge >= 0.3 is 15.6 Å². The molecule has 0 aliphatic carbocycles. The van der Waals surface area contributed by atoms with Crippen molar-refractivity contribution in [3.05, 3.63) is 95.6 Å². The molecule has 4 rings (SSSR count). The van der Waals surface area contributed by atoms with Crippen LogP contribution in [0.4, 0.5) is 27.6 Å². The Labute approximate surface area is 209 Å². The largest absolute Gasteiger partial charge is 0.534 e. The van der Waals surface area contributed by atoms with Gasteiger partial charge in [0, 0.05) is 5.69 Å². The lowest BCUT2D eigenvalue weighted by Gasteiger charge is -2.48. The topological polar surface area (TPSA) is 83.9 Å². The first kappa shape index (κ1) is 26.6. The van der Waals surface area contributed by atoms with Crippen LogP contribution in [0.5, 0.6) is 5.75 Å². The van der Waals surface area contributed by atoms with E-state index in [-0.39, 0.29) is 18.7 Å². The van der Waals surface area contributed by atoms with E-state index in [4.69, 9.17) is 0 Å². The van der Waals surface area contributed by atoms with Gasteiger partial charge in [0.05, 0.1) is 18.1 Å². The van der Waals surface area contributed by atoms with Gasteiger partial charge in [-0.25, -0.2) is 8.78 Å². The minimum atomic E-state index is -5.85. The summed E-state index contributed by atoms with van der Waals surface area (Å²) in [6.45, 7) is 0. The molecule has 3 aromatic rings. The number of rotatable bonds is 8. The molecule has 0 radical (unpaired) electrons. The number of anilines is 1. The Bertz CT molecular complexity index is 1360. The fourth-order valence-corrected chi connectivity index (χ4v) is 4.64. The number of aliphatic hydroxyl groups excluding tert-OH is 1. The number of carbonyl (C=O) groups excluding carboxylic acids is 1. The molecule has 37 heavy (non-hydrogen) atoms. The highest BCUT2D eigenvalue weighted by Gasteiger charge is 2.50. The van der Waals surface area contributed by atoms with Gasteiger partial charge in [0.2, 0.25) is 5.91 Å². The Morgan fingerprint density at radius 1 is 0.892 bits per heavy atom. The van der Waals surface area contributed by atoms with Gasteiger partial charge in [-0.15, -0.1) is 0 Å². The van der Waals surface area contributed by atoms with Crippen LogP contribution in [0, 0.1) is 17.6 Å². The Morgan fingerprint density at radius 2 is 1.43 bits per heavy atom. The Hall–Kier alpha value is -3.51. The molecule has 1 saturated heterocycles. The van der Waals surface area contributed by atoms with E-state index in [9.17, 15) is 40.3 Å². The van der Waals surface area contributed by atoms with Crippen LogP contribution in [0.15, 0.2) is 72.8 Å². The van der Waals surface area contributed by atoms with Gasteiger partial charge in [-0.2, -0.15) is 21.6 Å². The number of halogens is 5. The van der Waals surface area contributed by atoms with E-state index >= 15 is 0 Å². The summed E-state index contributed by atoms with van der Waals surface area (Å²) in [6, 6.07) is 14.5. The summed E-state index contributed by atoms with van der Waals surface area (Å²) >= 11 is 0. The number of alkyl halides is 3. The highest BCUT2D eigenvalue weighted by molar-refractivity contribution is 7.88. The molecule has 1 heterocycles. The Kier molecular flexibility index (Phi) is 7.24. The van der Waals surface area contributed by atoms with Crippen LogP contribution in [0.2, 0.25) is 0 Å². The summed E-state index contributed by atoms with van der Waals surface area (Å²) in [5.41, 5.74) is -4.29. The molecule has 1 aliphatic heterocycles. The average molecular weight is 541 g/mol. The van der Waals surface area contributed by atoms with E-state index in [0.29, 0.717) is 16.8 Å². The molecule has 1 amide bonds. The number of carbonyl (C=O) groups is 1. The standard InChI is InChI=1S/C25H20F5NO5S/c26-17-5-1-15(2-6-17)22(32)14-13-21-23(31(24(21)33)19-9-7-18(27)8-10-19)16-3-11-20(12-4-16)36-37(34,35)25(28,29)30/h1-12,21-23,32H,13-14H2/t21-,22+,23+/m0/s1. The van der Waals surface area contributed by atoms with Crippen LogP contribution < -0.4 is 9.08 Å². The quantitative estimate of drug-likeness (QED) is 0.178. The molecule has 6 nitrogen and oxygen atoms in total. The molecule has 0 spiro atoms. The third-order valence-corrected chi connectivity index (χ3v) is 7.01. The van der Waals surface area contributed by atoms with Gasteiger partial charge in [0.1, 0.15) is 17.4 Å². The Balaban J connectivity index is 1.57. The molecule has 3 atom stereocenters. The minimum Gasteiger partial charge on any atom is -0.388 e. The van der Waals surface area contributed by atoms with Crippen LogP contribution in [0.25, 0.3) is 0 Å². The highest BCUT2D eigenvalue weighted by Crippen LogP contribution is 2.46. The zero-order valence-corrected chi connectivity index (χ0v) is 19.7. The van der Waals surface area contributed by atoms with Gasteiger partial charge < -0.3 is 14.2 Å². The van der Waals surface area contributed by atoms with Gasteiger partial charge in [-0.3, -0.25) is 4.79 Å². The van der Waals surface area contributed by atoms with Crippen molar-refractivity contribution in [2.24, 2.45) is 5.92 Å². The molecule has 0 aromatic heterocycles. The first-order chi connectivity index (χ1) is 17.4. The first-order valence-corrected chi connectivity index (χ1v) is 12.4. The first-order valence-electron chi connectivity index (χ1n) is 11.0. The van der Waals surface area contributed by atoms with Gasteiger partial charge in [-0.05, 0) is 72.5 Å². The van der Waals surface area contributed by atoms with Crippen molar-refractivity contribution in [3.63, 3.8) is 0 Å². The van der Waals surface area contributed by atoms with Crippen molar-refractivity contribution in [1.82, 2.24) is 0 Å². The average Bonchev–Trinajstić information content (AvgIpc) is 2.84. The van der Waals surface area contributed by atoms with Crippen molar-refractivity contribution >= 4 is 21.7 Å². The number of aliphatic hydroxyl groups is 1. The van der Waals surface area contributed by atoms with Crippen molar-refractivity contribution in [3.8, 4) is 5.75 Å². The predicted octanol–water partition coefficient (Wildman–Crippen LogP) is 5.41. The monoisotopic (exact) mass is 541 g/mol. The Morgan fingerprint density at radius 3 is 1.97 bits per heavy atom. The highest BCUT2D eigenvalue weighted by atomic mass is 32.2. The van der Waals surface area contributed by atoms with Crippen LogP contribution in [0.3, 0.4) is 0 Å². The molecule has 0 bridgehead atoms. The summed E-state index contributed by atoms with van der Waals surface area (Å²) in [5, 5.41) is 10.5. The predicted molar refractivity (Wildman–Crippen MR) is 123 cm³/mol. The number of β-lactam (4-membered cyclic amide) rings is 1. The number of hydrogen-bond donors (Lipinski definition) is 1. The van der Waals surface area contributed by atoms with Gasteiger partial charge in [0.25, 0.3) is 0 Å². The lowest BCUT2D eigenvalue weighted by molar-refractivity contribution is -0.131. The van der Waals surface area contributed by atoms with Crippen LogP contribution in [0.1, 0.15) is 36.1 Å². The lowest BCUT2D eigenvalue weighted by atomic mass is 9.78. The number of benzene rings is 3. The van der Waals surface area contributed by atoms with Crippen LogP contribution in [-0.2, 0) is 14.9 Å². The molecule has 3 aromatic carbocycles. The summed E-state index contributed by atoms with van der Waals surface area (Å²) in [7, 11) is -5.85. The third-order valence-electron chi connectivity index (χ3n) is 6.04. The van der Waals surface area contributed by atoms with Crippen molar-refractivity contribution < 1.29 is 44.5 Å². The van der Waals surface area contributed by atoms with Gasteiger partial charge in [-0.1, -0.05) is 24.3 Å². The zero-order chi connectivity index (χ0) is 27.0. The zero-order valence-electron chi connectivity index (χ0n) is 18.9. The molecule has 0 unspecified atom stereocenters. The third kappa shape index (κ3) is 5.59. The molecule has 1 aliphatic rings. The second-order valence-electron chi connectivity index (χ2n) is 8.43. The molecule has 196 valence electrons. The summed E-state index contributed by atoms with van der Waals surface area (Å²) in [4.78, 5) is 14.4. The molecule has 0 saturated carbocycles. The molecule has 12 heteroatoms. The van der Waals surface area contributed by atoms with Crippen molar-refractivity contribution in [2.75, 3.05) is 4.90 Å². The second-order valence-corrected chi connectivity index (χ2v) is 9.97. The maximum Gasteiger partial charge on any atom is 0.534 e. The van der Waals surface area contributed by atoms with Crippen LogP contribution in [-0.4, -0.2) is 24.9 Å². The van der Waals surface area contributed by atoms with E-state index in [1.165, 1.54) is 65.6 Å². The number of hydrogen-bond acceptors (Lipinski definition) is 5.